The molecule has 0 aliphatic carbocycles. The zero-order valence-electron chi connectivity index (χ0n) is 9.62. The second kappa shape index (κ2) is 5.01. The van der Waals surface area contributed by atoms with Crippen LogP contribution in [0.2, 0.25) is 0 Å². The molecule has 0 aliphatic heterocycles. The minimum absolute atomic E-state index is 0.0639. The van der Waals surface area contributed by atoms with Crippen LogP contribution in [0.25, 0.3) is 0 Å². The fraction of sp³-hybridized carbons (Fsp3) is 0.0833. The van der Waals surface area contributed by atoms with E-state index < -0.39 is 0 Å². The van der Waals surface area contributed by atoms with E-state index in [1.54, 1.807) is 25.3 Å². The first-order valence-corrected chi connectivity index (χ1v) is 5.07. The molecule has 1 aromatic carbocycles. The number of benzene rings is 1. The van der Waals surface area contributed by atoms with Crippen LogP contribution in [0.3, 0.4) is 0 Å². The summed E-state index contributed by atoms with van der Waals surface area (Å²) < 4.78 is 10.5. The number of nitriles is 1. The third-order valence-corrected chi connectivity index (χ3v) is 2.17. The lowest BCUT2D eigenvalue weighted by molar-refractivity contribution is 0.405. The van der Waals surface area contributed by atoms with Gasteiger partial charge in [0, 0.05) is 12.3 Å². The maximum Gasteiger partial charge on any atom is 0.323 e. The Morgan fingerprint density at radius 1 is 1.33 bits per heavy atom. The van der Waals surface area contributed by atoms with Gasteiger partial charge >= 0.3 is 6.01 Å². The lowest BCUT2D eigenvalue weighted by atomic mass is 10.3. The van der Waals surface area contributed by atoms with Gasteiger partial charge in [-0.15, -0.1) is 0 Å². The van der Waals surface area contributed by atoms with Gasteiger partial charge in [0.15, 0.2) is 5.75 Å². The number of ether oxygens (including phenoxy) is 2. The van der Waals surface area contributed by atoms with Crippen molar-refractivity contribution in [2.24, 2.45) is 0 Å². The van der Waals surface area contributed by atoms with Crippen molar-refractivity contribution in [3.8, 4) is 23.6 Å². The largest absolute Gasteiger partial charge is 0.497 e. The molecule has 0 spiro atoms. The van der Waals surface area contributed by atoms with Gasteiger partial charge in [-0.2, -0.15) is 10.2 Å². The smallest absolute Gasteiger partial charge is 0.323 e. The standard InChI is InChI=1S/C12H10N4O2/c1-17-9-2-3-10(14)11(6-9)18-12-15-5-4-8(7-13)16-12/h2-6H,14H2,1H3. The van der Waals surface area contributed by atoms with Crippen molar-refractivity contribution in [2.45, 2.75) is 0 Å². The summed E-state index contributed by atoms with van der Waals surface area (Å²) in [4.78, 5) is 7.79. The molecular weight excluding hydrogens is 232 g/mol. The zero-order chi connectivity index (χ0) is 13.0. The molecule has 0 amide bonds. The molecule has 0 saturated carbocycles. The van der Waals surface area contributed by atoms with E-state index in [2.05, 4.69) is 9.97 Å². The number of rotatable bonds is 3. The van der Waals surface area contributed by atoms with Gasteiger partial charge < -0.3 is 15.2 Å². The predicted octanol–water partition coefficient (Wildman–Crippen LogP) is 1.73. The van der Waals surface area contributed by atoms with Crippen LogP contribution in [0, 0.1) is 11.3 Å². The molecule has 6 nitrogen and oxygen atoms in total. The van der Waals surface area contributed by atoms with Gasteiger partial charge in [-0.3, -0.25) is 0 Å². The lowest BCUT2D eigenvalue weighted by Crippen LogP contribution is -1.97. The van der Waals surface area contributed by atoms with Crippen molar-refractivity contribution < 1.29 is 9.47 Å². The maximum absolute atomic E-state index is 8.72. The van der Waals surface area contributed by atoms with E-state index >= 15 is 0 Å². The van der Waals surface area contributed by atoms with Crippen LogP contribution in [-0.2, 0) is 0 Å². The van der Waals surface area contributed by atoms with Gasteiger partial charge in [-0.1, -0.05) is 0 Å². The second-order valence-electron chi connectivity index (χ2n) is 3.34. The summed E-state index contributed by atoms with van der Waals surface area (Å²) in [6.45, 7) is 0. The van der Waals surface area contributed by atoms with Crippen LogP contribution in [0.5, 0.6) is 17.5 Å². The molecule has 0 aliphatic rings. The van der Waals surface area contributed by atoms with Crippen LogP contribution < -0.4 is 15.2 Å². The van der Waals surface area contributed by atoms with Crippen LogP contribution in [0.4, 0.5) is 5.69 Å². The molecule has 0 unspecified atom stereocenters. The Bertz CT molecular complexity index is 607. The molecule has 2 rings (SSSR count). The van der Waals surface area contributed by atoms with Crippen molar-refractivity contribution in [2.75, 3.05) is 12.8 Å². The van der Waals surface area contributed by atoms with Crippen molar-refractivity contribution in [1.82, 2.24) is 9.97 Å². The molecule has 1 aromatic heterocycles. The van der Waals surface area contributed by atoms with Gasteiger partial charge in [-0.05, 0) is 18.2 Å². The fourth-order valence-corrected chi connectivity index (χ4v) is 1.28. The summed E-state index contributed by atoms with van der Waals surface area (Å²) in [5, 5.41) is 8.72. The lowest BCUT2D eigenvalue weighted by Gasteiger charge is -2.08. The number of hydrogen-bond donors (Lipinski definition) is 1. The van der Waals surface area contributed by atoms with Crippen molar-refractivity contribution >= 4 is 5.69 Å². The van der Waals surface area contributed by atoms with E-state index in [-0.39, 0.29) is 11.7 Å². The average molecular weight is 242 g/mol. The highest BCUT2D eigenvalue weighted by Gasteiger charge is 2.07. The highest BCUT2D eigenvalue weighted by molar-refractivity contribution is 5.56. The number of nitrogens with zero attached hydrogens (tertiary/aromatic N) is 3. The monoisotopic (exact) mass is 242 g/mol. The Balaban J connectivity index is 2.30. The summed E-state index contributed by atoms with van der Waals surface area (Å²) in [6.07, 6.45) is 1.44. The molecular formula is C12H10N4O2. The number of aromatic nitrogens is 2. The third kappa shape index (κ3) is 2.47. The zero-order valence-corrected chi connectivity index (χ0v) is 9.62. The van der Waals surface area contributed by atoms with E-state index in [0.29, 0.717) is 17.2 Å². The summed E-state index contributed by atoms with van der Waals surface area (Å²) in [6, 6.07) is 8.45. The van der Waals surface area contributed by atoms with E-state index in [1.165, 1.54) is 12.3 Å². The molecule has 0 radical (unpaired) electrons. The Kier molecular flexibility index (Phi) is 3.25. The van der Waals surface area contributed by atoms with Crippen molar-refractivity contribution in [3.63, 3.8) is 0 Å². The fourth-order valence-electron chi connectivity index (χ4n) is 1.28. The Morgan fingerprint density at radius 2 is 2.17 bits per heavy atom. The van der Waals surface area contributed by atoms with E-state index in [4.69, 9.17) is 20.5 Å². The summed E-state index contributed by atoms with van der Waals surface area (Å²) in [5.74, 6) is 0.986. The third-order valence-electron chi connectivity index (χ3n) is 2.17. The van der Waals surface area contributed by atoms with Crippen LogP contribution in [0.15, 0.2) is 30.5 Å². The van der Waals surface area contributed by atoms with Crippen molar-refractivity contribution in [1.29, 1.82) is 5.26 Å². The predicted molar refractivity (Wildman–Crippen MR) is 64.2 cm³/mol. The minimum atomic E-state index is 0.0639. The van der Waals surface area contributed by atoms with Gasteiger partial charge in [0.1, 0.15) is 17.5 Å². The van der Waals surface area contributed by atoms with Crippen LogP contribution >= 0.6 is 0 Å². The summed E-state index contributed by atoms with van der Waals surface area (Å²) in [7, 11) is 1.54. The average Bonchev–Trinajstić information content (AvgIpc) is 2.41. The minimum Gasteiger partial charge on any atom is -0.497 e. The quantitative estimate of drug-likeness (QED) is 0.823. The maximum atomic E-state index is 8.72. The molecule has 2 N–H and O–H groups in total. The Morgan fingerprint density at radius 3 is 2.89 bits per heavy atom. The Labute approximate surface area is 104 Å². The van der Waals surface area contributed by atoms with E-state index in [0.717, 1.165) is 0 Å². The number of anilines is 1. The number of nitrogen functional groups attached to an aromatic ring is 1. The normalized spacial score (nSPS) is 9.56. The topological polar surface area (TPSA) is 94.0 Å². The molecule has 0 bridgehead atoms. The van der Waals surface area contributed by atoms with Gasteiger partial charge in [0.25, 0.3) is 0 Å². The van der Waals surface area contributed by atoms with Gasteiger partial charge in [0.05, 0.1) is 12.8 Å². The second-order valence-corrected chi connectivity index (χ2v) is 3.34. The highest BCUT2D eigenvalue weighted by atomic mass is 16.5. The highest BCUT2D eigenvalue weighted by Crippen LogP contribution is 2.29. The summed E-state index contributed by atoms with van der Waals surface area (Å²) >= 11 is 0. The number of nitrogens with two attached hydrogens (primary N) is 1. The first-order chi connectivity index (χ1) is 8.72. The Hall–Kier alpha value is -2.81. The molecule has 0 atom stereocenters. The molecule has 1 heterocycles. The first kappa shape index (κ1) is 11.7. The SMILES string of the molecule is COc1ccc(N)c(Oc2nccc(C#N)n2)c1. The number of hydrogen-bond acceptors (Lipinski definition) is 6. The van der Waals surface area contributed by atoms with Crippen molar-refractivity contribution in [3.05, 3.63) is 36.2 Å². The molecule has 2 aromatic rings. The molecule has 0 fully saturated rings. The van der Waals surface area contributed by atoms with E-state index in [9.17, 15) is 0 Å². The molecule has 90 valence electrons. The van der Waals surface area contributed by atoms with Gasteiger partial charge in [0.2, 0.25) is 0 Å². The van der Waals surface area contributed by atoms with Crippen LogP contribution in [-0.4, -0.2) is 17.1 Å². The molecule has 18 heavy (non-hydrogen) atoms. The van der Waals surface area contributed by atoms with E-state index in [1.807, 2.05) is 6.07 Å². The first-order valence-electron chi connectivity index (χ1n) is 5.07. The molecule has 0 saturated heterocycles. The molecule has 6 heteroatoms. The number of methoxy groups -OCH3 is 1. The summed E-state index contributed by atoms with van der Waals surface area (Å²) in [5.41, 5.74) is 6.42. The van der Waals surface area contributed by atoms with Crippen LogP contribution in [0.1, 0.15) is 5.69 Å². The van der Waals surface area contributed by atoms with Gasteiger partial charge in [-0.25, -0.2) is 4.98 Å².